The van der Waals surface area contributed by atoms with Crippen molar-refractivity contribution in [3.05, 3.63) is 54.6 Å². The van der Waals surface area contributed by atoms with Crippen molar-refractivity contribution in [2.24, 2.45) is 5.92 Å². The topological polar surface area (TPSA) is 109 Å². The summed E-state index contributed by atoms with van der Waals surface area (Å²) in [5.74, 6) is 0.547. The summed E-state index contributed by atoms with van der Waals surface area (Å²) in [7, 11) is 0. The van der Waals surface area contributed by atoms with Gasteiger partial charge in [0.05, 0.1) is 37.3 Å². The summed E-state index contributed by atoms with van der Waals surface area (Å²) in [4.78, 5) is 39.8. The predicted octanol–water partition coefficient (Wildman–Crippen LogP) is 3.13. The van der Waals surface area contributed by atoms with Crippen molar-refractivity contribution in [3.63, 3.8) is 0 Å². The molecule has 1 aromatic carbocycles. The number of rotatable bonds is 7. The van der Waals surface area contributed by atoms with Crippen molar-refractivity contribution in [1.29, 1.82) is 0 Å². The van der Waals surface area contributed by atoms with Crippen LogP contribution < -0.4 is 10.6 Å². The van der Waals surface area contributed by atoms with Gasteiger partial charge in [0, 0.05) is 41.9 Å². The number of hydrogen-bond donors (Lipinski definition) is 2. The van der Waals surface area contributed by atoms with Gasteiger partial charge >= 0.3 is 0 Å². The van der Waals surface area contributed by atoms with Crippen LogP contribution >= 0.6 is 0 Å². The number of morpholine rings is 1. The summed E-state index contributed by atoms with van der Waals surface area (Å²) in [5, 5.41) is 5.84. The van der Waals surface area contributed by atoms with E-state index in [-0.39, 0.29) is 17.7 Å². The quantitative estimate of drug-likeness (QED) is 0.544. The minimum atomic E-state index is -0.0704. The number of aryl methyl sites for hydroxylation is 1. The minimum absolute atomic E-state index is 0.0117. The highest BCUT2D eigenvalue weighted by Crippen LogP contribution is 2.31. The highest BCUT2D eigenvalue weighted by atomic mass is 16.5. The van der Waals surface area contributed by atoms with Crippen LogP contribution in [0.3, 0.4) is 0 Å². The van der Waals surface area contributed by atoms with Crippen LogP contribution in [-0.4, -0.2) is 64.5 Å². The van der Waals surface area contributed by atoms with Crippen LogP contribution in [0.2, 0.25) is 0 Å². The molecule has 180 valence electrons. The third-order valence-electron chi connectivity index (χ3n) is 6.18. The number of amides is 2. The van der Waals surface area contributed by atoms with Gasteiger partial charge in [-0.1, -0.05) is 18.2 Å². The van der Waals surface area contributed by atoms with E-state index in [1.54, 1.807) is 12.3 Å². The Morgan fingerprint density at radius 2 is 1.83 bits per heavy atom. The molecule has 2 aromatic heterocycles. The first-order valence-electron chi connectivity index (χ1n) is 11.9. The van der Waals surface area contributed by atoms with Gasteiger partial charge in [0.25, 0.3) is 0 Å². The highest BCUT2D eigenvalue weighted by Gasteiger charge is 2.29. The molecule has 2 aliphatic rings. The van der Waals surface area contributed by atoms with E-state index < -0.39 is 0 Å². The van der Waals surface area contributed by atoms with E-state index in [0.29, 0.717) is 37.0 Å². The van der Waals surface area contributed by atoms with Gasteiger partial charge in [-0.05, 0) is 37.5 Å². The molecule has 2 fully saturated rings. The molecule has 1 saturated carbocycles. The number of benzene rings is 1. The zero-order valence-corrected chi connectivity index (χ0v) is 19.7. The molecule has 3 heterocycles. The summed E-state index contributed by atoms with van der Waals surface area (Å²) in [6.07, 6.45) is 5.01. The van der Waals surface area contributed by atoms with Gasteiger partial charge in [0.1, 0.15) is 12.1 Å². The molecule has 9 heteroatoms. The molecule has 35 heavy (non-hydrogen) atoms. The van der Waals surface area contributed by atoms with Crippen molar-refractivity contribution >= 4 is 23.3 Å². The van der Waals surface area contributed by atoms with E-state index in [2.05, 4.69) is 30.5 Å². The smallest absolute Gasteiger partial charge is 0.238 e. The number of hydrogen-bond acceptors (Lipinski definition) is 7. The number of carbonyl (C=O) groups is 2. The molecule has 0 radical (unpaired) electrons. The maximum atomic E-state index is 12.5. The third-order valence-corrected chi connectivity index (χ3v) is 6.18. The molecule has 0 unspecified atom stereocenters. The molecule has 1 aliphatic carbocycles. The lowest BCUT2D eigenvalue weighted by molar-refractivity contribution is -0.118. The molecule has 0 bridgehead atoms. The number of carbonyl (C=O) groups excluding carboxylic acids is 2. The first kappa shape index (κ1) is 23.1. The molecule has 5 rings (SSSR count). The van der Waals surface area contributed by atoms with Crippen LogP contribution in [0.4, 0.5) is 11.5 Å². The van der Waals surface area contributed by atoms with E-state index in [1.165, 1.54) is 6.33 Å². The first-order valence-corrected chi connectivity index (χ1v) is 11.9. The average Bonchev–Trinajstić information content (AvgIpc) is 3.72. The van der Waals surface area contributed by atoms with Crippen molar-refractivity contribution in [1.82, 2.24) is 19.9 Å². The fraction of sp³-hybridized carbons (Fsp3) is 0.346. The van der Waals surface area contributed by atoms with E-state index in [1.807, 2.05) is 37.3 Å². The Morgan fingerprint density at radius 3 is 2.63 bits per heavy atom. The van der Waals surface area contributed by atoms with E-state index in [9.17, 15) is 9.59 Å². The maximum Gasteiger partial charge on any atom is 0.238 e. The number of anilines is 2. The van der Waals surface area contributed by atoms with Crippen LogP contribution in [0.5, 0.6) is 0 Å². The van der Waals surface area contributed by atoms with Crippen molar-refractivity contribution in [3.8, 4) is 22.4 Å². The molecule has 0 spiro atoms. The molecular formula is C26H28N6O3. The molecule has 1 saturated heterocycles. The minimum Gasteiger partial charge on any atom is -0.379 e. The van der Waals surface area contributed by atoms with E-state index in [4.69, 9.17) is 4.74 Å². The molecule has 3 aromatic rings. The monoisotopic (exact) mass is 472 g/mol. The number of nitrogens with zero attached hydrogens (tertiary/aromatic N) is 4. The van der Waals surface area contributed by atoms with Crippen LogP contribution in [0.25, 0.3) is 22.4 Å². The Kier molecular flexibility index (Phi) is 6.78. The molecule has 0 atom stereocenters. The Morgan fingerprint density at radius 1 is 1.03 bits per heavy atom. The van der Waals surface area contributed by atoms with Gasteiger partial charge in [-0.25, -0.2) is 9.97 Å². The largest absolute Gasteiger partial charge is 0.379 e. The molecule has 9 nitrogen and oxygen atoms in total. The van der Waals surface area contributed by atoms with Crippen LogP contribution in [0, 0.1) is 12.8 Å². The van der Waals surface area contributed by atoms with Crippen molar-refractivity contribution in [2.45, 2.75) is 19.8 Å². The second-order valence-corrected chi connectivity index (χ2v) is 8.93. The fourth-order valence-corrected chi connectivity index (χ4v) is 4.06. The molecular weight excluding hydrogens is 444 g/mol. The van der Waals surface area contributed by atoms with Gasteiger partial charge in [0.15, 0.2) is 0 Å². The lowest BCUT2D eigenvalue weighted by Gasteiger charge is -2.25. The summed E-state index contributed by atoms with van der Waals surface area (Å²) in [5.41, 5.74) is 5.00. The Labute approximate surface area is 204 Å². The molecule has 2 amide bonds. The first-order chi connectivity index (χ1) is 17.0. The number of ether oxygens (including phenoxy) is 1. The number of nitrogens with one attached hydrogen (secondary N) is 2. The highest BCUT2D eigenvalue weighted by molar-refractivity contribution is 5.94. The summed E-state index contributed by atoms with van der Waals surface area (Å²) < 4.78 is 5.34. The SMILES string of the molecule is Cc1ncc(NC(=O)CN2CCOCC2)cc1-c1cccc(-c2cc(NC(=O)C3CC3)ncn2)c1. The lowest BCUT2D eigenvalue weighted by Crippen LogP contribution is -2.41. The maximum absolute atomic E-state index is 12.5. The van der Waals surface area contributed by atoms with Crippen LogP contribution in [0.15, 0.2) is 48.9 Å². The summed E-state index contributed by atoms with van der Waals surface area (Å²) in [6.45, 7) is 5.09. The normalized spacial score (nSPS) is 16.0. The molecule has 2 N–H and O–H groups in total. The summed E-state index contributed by atoms with van der Waals surface area (Å²) >= 11 is 0. The van der Waals surface area contributed by atoms with Gasteiger partial charge in [0.2, 0.25) is 11.8 Å². The fourth-order valence-electron chi connectivity index (χ4n) is 4.06. The standard InChI is InChI=1S/C26H28N6O3/c1-17-22(12-21(14-27-17)30-25(33)15-32-7-9-35-10-8-32)19-3-2-4-20(11-19)23-13-24(29-16-28-23)31-26(34)18-5-6-18/h2-4,11-14,16,18H,5-10,15H2,1H3,(H,30,33)(H,28,29,31,34). The number of aromatic nitrogens is 3. The van der Waals surface area contributed by atoms with Crippen LogP contribution in [0.1, 0.15) is 18.5 Å². The van der Waals surface area contributed by atoms with Gasteiger partial charge in [-0.15, -0.1) is 0 Å². The molecule has 1 aliphatic heterocycles. The van der Waals surface area contributed by atoms with Crippen LogP contribution in [-0.2, 0) is 14.3 Å². The Hall–Kier alpha value is -3.69. The second kappa shape index (κ2) is 10.3. The van der Waals surface area contributed by atoms with E-state index >= 15 is 0 Å². The number of pyridine rings is 1. The van der Waals surface area contributed by atoms with Crippen molar-refractivity contribution in [2.75, 3.05) is 43.5 Å². The summed E-state index contributed by atoms with van der Waals surface area (Å²) in [6, 6.07) is 11.7. The predicted molar refractivity (Wildman–Crippen MR) is 133 cm³/mol. The van der Waals surface area contributed by atoms with Gasteiger partial charge < -0.3 is 15.4 Å². The lowest BCUT2D eigenvalue weighted by atomic mass is 10.00. The third kappa shape index (κ3) is 5.87. The second-order valence-electron chi connectivity index (χ2n) is 8.93. The zero-order chi connectivity index (χ0) is 24.2. The Bertz CT molecular complexity index is 1240. The zero-order valence-electron chi connectivity index (χ0n) is 19.7. The van der Waals surface area contributed by atoms with E-state index in [0.717, 1.165) is 48.3 Å². The van der Waals surface area contributed by atoms with Crippen molar-refractivity contribution < 1.29 is 14.3 Å². The van der Waals surface area contributed by atoms with Gasteiger partial charge in [-0.3, -0.25) is 19.5 Å². The average molecular weight is 473 g/mol. The Balaban J connectivity index is 1.33. The van der Waals surface area contributed by atoms with Gasteiger partial charge in [-0.2, -0.15) is 0 Å².